The standard InChI is InChI=1S/C18H24N2O3S/c1-13(2)9-20(14(3)21)10-15-12-24-18(19-15)11-23-17-8-6-5-7-16(17)22-4/h5-8,12-13H,9-11H2,1-4H3. The van der Waals surface area contributed by atoms with Gasteiger partial charge in [0.25, 0.3) is 0 Å². The molecule has 0 aliphatic carbocycles. The molecule has 1 heterocycles. The number of rotatable bonds is 8. The lowest BCUT2D eigenvalue weighted by atomic mass is 10.2. The molecule has 2 aromatic rings. The van der Waals surface area contributed by atoms with Crippen LogP contribution in [0.4, 0.5) is 0 Å². The van der Waals surface area contributed by atoms with Crippen LogP contribution < -0.4 is 9.47 Å². The van der Waals surface area contributed by atoms with Gasteiger partial charge in [0.1, 0.15) is 11.6 Å². The number of benzene rings is 1. The third-order valence-electron chi connectivity index (χ3n) is 3.40. The molecule has 1 aromatic carbocycles. The van der Waals surface area contributed by atoms with Crippen molar-refractivity contribution < 1.29 is 14.3 Å². The van der Waals surface area contributed by atoms with Crippen LogP contribution in [0, 0.1) is 5.92 Å². The van der Waals surface area contributed by atoms with E-state index in [1.807, 2.05) is 34.5 Å². The van der Waals surface area contributed by atoms with Crippen LogP contribution in [0.5, 0.6) is 11.5 Å². The molecule has 0 radical (unpaired) electrons. The van der Waals surface area contributed by atoms with Crippen molar-refractivity contribution in [3.63, 3.8) is 0 Å². The predicted octanol–water partition coefficient (Wildman–Crippen LogP) is 3.74. The predicted molar refractivity (Wildman–Crippen MR) is 95.4 cm³/mol. The van der Waals surface area contributed by atoms with E-state index < -0.39 is 0 Å². The van der Waals surface area contributed by atoms with Crippen LogP contribution in [-0.2, 0) is 17.9 Å². The molecule has 0 saturated heterocycles. The summed E-state index contributed by atoms with van der Waals surface area (Å²) in [7, 11) is 1.62. The molecule has 0 bridgehead atoms. The minimum absolute atomic E-state index is 0.0727. The zero-order chi connectivity index (χ0) is 17.5. The number of ether oxygens (including phenoxy) is 2. The van der Waals surface area contributed by atoms with Gasteiger partial charge in [0.15, 0.2) is 11.5 Å². The molecular formula is C18H24N2O3S. The summed E-state index contributed by atoms with van der Waals surface area (Å²) >= 11 is 1.54. The molecule has 130 valence electrons. The first-order valence-corrected chi connectivity index (χ1v) is 8.82. The maximum Gasteiger partial charge on any atom is 0.219 e. The zero-order valence-corrected chi connectivity index (χ0v) is 15.4. The SMILES string of the molecule is COc1ccccc1OCc1nc(CN(CC(C)C)C(C)=O)cs1. The minimum atomic E-state index is 0.0727. The Kier molecular flexibility index (Phi) is 6.61. The van der Waals surface area contributed by atoms with Crippen LogP contribution in [0.25, 0.3) is 0 Å². The van der Waals surface area contributed by atoms with E-state index in [1.54, 1.807) is 14.0 Å². The van der Waals surface area contributed by atoms with Crippen LogP contribution >= 0.6 is 11.3 Å². The first-order valence-electron chi connectivity index (χ1n) is 7.94. The Balaban J connectivity index is 1.96. The molecule has 0 spiro atoms. The number of aromatic nitrogens is 1. The van der Waals surface area contributed by atoms with Gasteiger partial charge in [-0.1, -0.05) is 26.0 Å². The van der Waals surface area contributed by atoms with Crippen LogP contribution in [0.2, 0.25) is 0 Å². The zero-order valence-electron chi connectivity index (χ0n) is 14.6. The summed E-state index contributed by atoms with van der Waals surface area (Å²) in [6.45, 7) is 7.46. The largest absolute Gasteiger partial charge is 0.493 e. The van der Waals surface area contributed by atoms with Crippen LogP contribution in [-0.4, -0.2) is 29.4 Å². The number of nitrogens with zero attached hydrogens (tertiary/aromatic N) is 2. The summed E-state index contributed by atoms with van der Waals surface area (Å²) in [5.41, 5.74) is 0.898. The third kappa shape index (κ3) is 5.23. The van der Waals surface area contributed by atoms with E-state index in [0.717, 1.165) is 17.2 Å². The molecule has 2 rings (SSSR count). The lowest BCUT2D eigenvalue weighted by molar-refractivity contribution is -0.130. The second-order valence-electron chi connectivity index (χ2n) is 5.97. The molecule has 1 aromatic heterocycles. The number of para-hydroxylation sites is 2. The number of hydrogen-bond acceptors (Lipinski definition) is 5. The van der Waals surface area contributed by atoms with Gasteiger partial charge in [-0.15, -0.1) is 11.3 Å². The second-order valence-corrected chi connectivity index (χ2v) is 6.91. The average molecular weight is 348 g/mol. The Bertz CT molecular complexity index is 670. The van der Waals surface area contributed by atoms with E-state index in [9.17, 15) is 4.79 Å². The van der Waals surface area contributed by atoms with Gasteiger partial charge in [0, 0.05) is 18.8 Å². The van der Waals surface area contributed by atoms with Gasteiger partial charge >= 0.3 is 0 Å². The third-order valence-corrected chi connectivity index (χ3v) is 4.27. The number of thiazole rings is 1. The highest BCUT2D eigenvalue weighted by Gasteiger charge is 2.13. The van der Waals surface area contributed by atoms with Crippen molar-refractivity contribution in [3.8, 4) is 11.5 Å². The molecule has 0 aliphatic heterocycles. The fraction of sp³-hybridized carbons (Fsp3) is 0.444. The van der Waals surface area contributed by atoms with Crippen molar-refractivity contribution in [1.29, 1.82) is 0 Å². The van der Waals surface area contributed by atoms with Gasteiger partial charge in [-0.05, 0) is 18.1 Å². The van der Waals surface area contributed by atoms with Crippen molar-refractivity contribution in [2.24, 2.45) is 5.92 Å². The summed E-state index contributed by atoms with van der Waals surface area (Å²) in [5, 5.41) is 2.86. The highest BCUT2D eigenvalue weighted by Crippen LogP contribution is 2.27. The summed E-state index contributed by atoms with van der Waals surface area (Å²) in [4.78, 5) is 18.1. The molecule has 6 heteroatoms. The van der Waals surface area contributed by atoms with Gasteiger partial charge in [0.05, 0.1) is 19.3 Å². The highest BCUT2D eigenvalue weighted by molar-refractivity contribution is 7.09. The first-order chi connectivity index (χ1) is 11.5. The number of amides is 1. The number of methoxy groups -OCH3 is 1. The fourth-order valence-corrected chi connectivity index (χ4v) is 3.00. The van der Waals surface area contributed by atoms with Crippen molar-refractivity contribution in [2.75, 3.05) is 13.7 Å². The molecule has 0 atom stereocenters. The average Bonchev–Trinajstić information content (AvgIpc) is 2.99. The Hall–Kier alpha value is -2.08. The van der Waals surface area contributed by atoms with Crippen molar-refractivity contribution >= 4 is 17.2 Å². The van der Waals surface area contributed by atoms with E-state index >= 15 is 0 Å². The lowest BCUT2D eigenvalue weighted by Crippen LogP contribution is -2.31. The minimum Gasteiger partial charge on any atom is -0.493 e. The van der Waals surface area contributed by atoms with Gasteiger partial charge in [-0.25, -0.2) is 4.98 Å². The summed E-state index contributed by atoms with van der Waals surface area (Å²) in [5.74, 6) is 1.90. The Morgan fingerprint density at radius 3 is 2.62 bits per heavy atom. The first kappa shape index (κ1) is 18.3. The van der Waals surface area contributed by atoms with E-state index in [0.29, 0.717) is 30.6 Å². The van der Waals surface area contributed by atoms with Crippen molar-refractivity contribution in [2.45, 2.75) is 33.9 Å². The number of carbonyl (C=O) groups excluding carboxylic acids is 1. The summed E-state index contributed by atoms with van der Waals surface area (Å²) in [6.07, 6.45) is 0. The monoisotopic (exact) mass is 348 g/mol. The van der Waals surface area contributed by atoms with Crippen LogP contribution in [0.15, 0.2) is 29.6 Å². The molecule has 5 nitrogen and oxygen atoms in total. The summed E-state index contributed by atoms with van der Waals surface area (Å²) in [6, 6.07) is 7.53. The second kappa shape index (κ2) is 8.68. The molecule has 0 saturated carbocycles. The number of carbonyl (C=O) groups is 1. The molecule has 0 fully saturated rings. The number of hydrogen-bond donors (Lipinski definition) is 0. The fourth-order valence-electron chi connectivity index (χ4n) is 2.31. The van der Waals surface area contributed by atoms with Crippen LogP contribution in [0.1, 0.15) is 31.5 Å². The van der Waals surface area contributed by atoms with Crippen LogP contribution in [0.3, 0.4) is 0 Å². The van der Waals surface area contributed by atoms with E-state index in [4.69, 9.17) is 9.47 Å². The van der Waals surface area contributed by atoms with E-state index in [1.165, 1.54) is 11.3 Å². The smallest absolute Gasteiger partial charge is 0.219 e. The summed E-state index contributed by atoms with van der Waals surface area (Å²) < 4.78 is 11.1. The maximum atomic E-state index is 11.7. The molecular weight excluding hydrogens is 324 g/mol. The lowest BCUT2D eigenvalue weighted by Gasteiger charge is -2.22. The highest BCUT2D eigenvalue weighted by atomic mass is 32.1. The molecule has 1 amide bonds. The topological polar surface area (TPSA) is 51.7 Å². The molecule has 24 heavy (non-hydrogen) atoms. The molecule has 0 N–H and O–H groups in total. The van der Waals surface area contributed by atoms with E-state index in [2.05, 4.69) is 18.8 Å². The normalized spacial score (nSPS) is 10.7. The Labute approximate surface area is 147 Å². The molecule has 0 aliphatic rings. The quantitative estimate of drug-likeness (QED) is 0.729. The van der Waals surface area contributed by atoms with Gasteiger partial charge in [-0.3, -0.25) is 4.79 Å². The maximum absolute atomic E-state index is 11.7. The van der Waals surface area contributed by atoms with Gasteiger partial charge in [-0.2, -0.15) is 0 Å². The molecule has 0 unspecified atom stereocenters. The Morgan fingerprint density at radius 1 is 1.29 bits per heavy atom. The van der Waals surface area contributed by atoms with Crippen molar-refractivity contribution in [3.05, 3.63) is 40.3 Å². The van der Waals surface area contributed by atoms with E-state index in [-0.39, 0.29) is 5.91 Å². The Morgan fingerprint density at radius 2 is 2.00 bits per heavy atom. The van der Waals surface area contributed by atoms with Gasteiger partial charge < -0.3 is 14.4 Å². The van der Waals surface area contributed by atoms with Gasteiger partial charge in [0.2, 0.25) is 5.91 Å². The van der Waals surface area contributed by atoms with Crippen molar-refractivity contribution in [1.82, 2.24) is 9.88 Å².